The summed E-state index contributed by atoms with van der Waals surface area (Å²) in [7, 11) is -1.67. The van der Waals surface area contributed by atoms with Crippen molar-refractivity contribution in [3.05, 3.63) is 12.2 Å². The van der Waals surface area contributed by atoms with Gasteiger partial charge in [-0.3, -0.25) is 0 Å². The summed E-state index contributed by atoms with van der Waals surface area (Å²) in [6.45, 7) is 9.18. The molecule has 268 valence electrons. The van der Waals surface area contributed by atoms with E-state index in [9.17, 15) is 4.79 Å². The normalized spacial score (nSPS) is 12.0. The zero-order valence-electron chi connectivity index (χ0n) is 31.7. The Morgan fingerprint density at radius 1 is 0.400 bits per heavy atom. The van der Waals surface area contributed by atoms with E-state index in [2.05, 4.69) is 39.8 Å². The molecule has 0 fully saturated rings. The molecule has 0 atom stereocenters. The maximum atomic E-state index is 13.3. The first-order valence-electron chi connectivity index (χ1n) is 20.9. The molecule has 0 saturated carbocycles. The average Bonchev–Trinajstić information content (AvgIpc) is 3.04. The van der Waals surface area contributed by atoms with Crippen LogP contribution in [0.4, 0.5) is 0 Å². The number of carbonyl (C=O) groups is 1. The summed E-state index contributed by atoms with van der Waals surface area (Å²) in [5.41, 5.74) is 0. The Hall–Kier alpha value is -0.360. The highest BCUT2D eigenvalue weighted by Crippen LogP contribution is 2.62. The first kappa shape index (κ1) is 44.6. The molecule has 0 radical (unpaired) electrons. The van der Waals surface area contributed by atoms with Crippen molar-refractivity contribution in [1.29, 1.82) is 0 Å². The van der Waals surface area contributed by atoms with E-state index in [0.29, 0.717) is 6.42 Å². The molecule has 3 heteroatoms. The number of hydrogen-bond donors (Lipinski definition) is 0. The number of carbonyl (C=O) groups excluding carboxylic acids is 1. The van der Waals surface area contributed by atoms with Crippen LogP contribution in [0.2, 0.25) is 0 Å². The average molecular weight is 652 g/mol. The van der Waals surface area contributed by atoms with E-state index >= 15 is 0 Å². The molecule has 0 aliphatic carbocycles. The van der Waals surface area contributed by atoms with E-state index < -0.39 is 7.49 Å². The summed E-state index contributed by atoms with van der Waals surface area (Å²) in [4.78, 5) is 13.3. The molecule has 0 amide bonds. The lowest BCUT2D eigenvalue weighted by molar-refractivity contribution is -0.134. The Labute approximate surface area is 285 Å². The number of allylic oxidation sites excluding steroid dienone is 2. The quantitative estimate of drug-likeness (QED) is 0.0379. The number of unbranched alkanes of at least 4 members (excludes halogenated alkanes) is 26. The maximum absolute atomic E-state index is 13.3. The van der Waals surface area contributed by atoms with Gasteiger partial charge in [-0.25, -0.2) is 4.79 Å². The van der Waals surface area contributed by atoms with Gasteiger partial charge in [0, 0.05) is 0 Å². The van der Waals surface area contributed by atoms with Crippen LogP contribution in [-0.4, -0.2) is 24.5 Å². The van der Waals surface area contributed by atoms with Gasteiger partial charge in [0.15, 0.2) is 7.49 Å². The largest absolute Gasteiger partial charge is 0.349 e. The van der Waals surface area contributed by atoms with Crippen LogP contribution in [0.15, 0.2) is 12.2 Å². The maximum Gasteiger partial charge on any atom is 0.349 e. The van der Waals surface area contributed by atoms with E-state index in [4.69, 9.17) is 4.52 Å². The topological polar surface area (TPSA) is 26.3 Å². The van der Waals surface area contributed by atoms with Gasteiger partial charge in [0.2, 0.25) is 0 Å². The lowest BCUT2D eigenvalue weighted by atomic mass is 10.1. The van der Waals surface area contributed by atoms with Crippen molar-refractivity contribution in [3.63, 3.8) is 0 Å². The predicted octanol–water partition coefficient (Wildman–Crippen LogP) is 15.6. The summed E-state index contributed by atoms with van der Waals surface area (Å²) in [5, 5.41) is 0. The van der Waals surface area contributed by atoms with Gasteiger partial charge in [-0.05, 0) is 70.6 Å². The second-order valence-electron chi connectivity index (χ2n) is 14.3. The Morgan fingerprint density at radius 2 is 0.689 bits per heavy atom. The van der Waals surface area contributed by atoms with Gasteiger partial charge in [-0.2, -0.15) is 0 Å². The van der Waals surface area contributed by atoms with Crippen LogP contribution in [-0.2, 0) is 9.32 Å². The summed E-state index contributed by atoms with van der Waals surface area (Å²) in [6.07, 6.45) is 49.8. The summed E-state index contributed by atoms with van der Waals surface area (Å²) in [5.74, 6) is 0.143. The molecule has 2 nitrogen and oxygen atoms in total. The molecule has 0 spiro atoms. The van der Waals surface area contributed by atoms with Crippen molar-refractivity contribution in [2.45, 2.75) is 233 Å². The molecule has 0 aromatic carbocycles. The third-order valence-corrected chi connectivity index (χ3v) is 13.7. The third kappa shape index (κ3) is 32.0. The van der Waals surface area contributed by atoms with Crippen molar-refractivity contribution in [2.75, 3.05) is 18.5 Å². The van der Waals surface area contributed by atoms with Crippen molar-refractivity contribution in [1.82, 2.24) is 0 Å². The second kappa shape index (κ2) is 36.5. The molecule has 0 aromatic rings. The zero-order valence-corrected chi connectivity index (χ0v) is 32.6. The van der Waals surface area contributed by atoms with Crippen LogP contribution < -0.4 is 0 Å². The Bertz CT molecular complexity index is 575. The van der Waals surface area contributed by atoms with Crippen LogP contribution in [0, 0.1) is 0 Å². The molecule has 0 aromatic heterocycles. The van der Waals surface area contributed by atoms with Gasteiger partial charge < -0.3 is 4.52 Å². The molecule has 0 heterocycles. The molecule has 0 N–H and O–H groups in total. The van der Waals surface area contributed by atoms with Crippen molar-refractivity contribution >= 4 is 13.5 Å². The molecule has 0 bridgehead atoms. The SMILES string of the molecule is CCCCCCCC/C=C\CCCCCCCC(=O)O[P+](CCCCCCCC)(CCCCCCCC)CCCCCCCC. The lowest BCUT2D eigenvalue weighted by Gasteiger charge is -2.26. The van der Waals surface area contributed by atoms with Gasteiger partial charge in [0.05, 0.1) is 24.9 Å². The summed E-state index contributed by atoms with van der Waals surface area (Å²) < 4.78 is 6.70. The molecule has 0 unspecified atom stereocenters. The highest BCUT2D eigenvalue weighted by atomic mass is 31.2. The van der Waals surface area contributed by atoms with E-state index in [1.54, 1.807) is 0 Å². The highest BCUT2D eigenvalue weighted by molar-refractivity contribution is 7.71. The zero-order chi connectivity index (χ0) is 32.9. The molecule has 0 aliphatic rings. The number of rotatable bonds is 37. The van der Waals surface area contributed by atoms with Gasteiger partial charge >= 0.3 is 5.97 Å². The minimum atomic E-state index is -1.67. The summed E-state index contributed by atoms with van der Waals surface area (Å²) >= 11 is 0. The monoisotopic (exact) mass is 652 g/mol. The first-order chi connectivity index (χ1) is 22.1. The molecule has 0 saturated heterocycles. The Balaban J connectivity index is 4.65. The highest BCUT2D eigenvalue weighted by Gasteiger charge is 2.41. The Kier molecular flexibility index (Phi) is 36.2. The second-order valence-corrected chi connectivity index (χ2v) is 18.0. The van der Waals surface area contributed by atoms with Crippen LogP contribution in [0.1, 0.15) is 233 Å². The van der Waals surface area contributed by atoms with Gasteiger partial charge in [0.25, 0.3) is 0 Å². The predicted molar refractivity (Wildman–Crippen MR) is 207 cm³/mol. The lowest BCUT2D eigenvalue weighted by Crippen LogP contribution is -2.17. The smallest absolute Gasteiger partial charge is 0.313 e. The summed E-state index contributed by atoms with van der Waals surface area (Å²) in [6, 6.07) is 0. The fourth-order valence-electron chi connectivity index (χ4n) is 6.61. The Morgan fingerprint density at radius 3 is 1.04 bits per heavy atom. The minimum Gasteiger partial charge on any atom is -0.313 e. The third-order valence-electron chi connectivity index (χ3n) is 9.70. The standard InChI is InChI=1S/C42H84O2P/c1-5-9-13-17-21-22-23-24-25-26-27-28-29-30-34-38-42(43)44-45(39-35-31-18-14-10-6-2,40-36-32-19-15-11-7-3)41-37-33-20-16-12-8-4/h24-25H,5-23,26-41H2,1-4H3/q+1/b25-24-. The molecular weight excluding hydrogens is 567 g/mol. The molecule has 0 rings (SSSR count). The molecular formula is C42H84O2P+. The van der Waals surface area contributed by atoms with Crippen molar-refractivity contribution in [3.8, 4) is 0 Å². The van der Waals surface area contributed by atoms with Crippen molar-refractivity contribution in [2.24, 2.45) is 0 Å². The van der Waals surface area contributed by atoms with Crippen LogP contribution >= 0.6 is 7.49 Å². The molecule has 45 heavy (non-hydrogen) atoms. The fraction of sp³-hybridized carbons (Fsp3) is 0.929. The van der Waals surface area contributed by atoms with E-state index in [0.717, 1.165) is 6.42 Å². The van der Waals surface area contributed by atoms with E-state index in [1.807, 2.05) is 0 Å². The van der Waals surface area contributed by atoms with Gasteiger partial charge in [0.1, 0.15) is 0 Å². The number of hydrogen-bond acceptors (Lipinski definition) is 2. The van der Waals surface area contributed by atoms with E-state index in [-0.39, 0.29) is 5.97 Å². The molecule has 0 aliphatic heterocycles. The van der Waals surface area contributed by atoms with E-state index in [1.165, 1.54) is 211 Å². The first-order valence-corrected chi connectivity index (χ1v) is 23.1. The van der Waals surface area contributed by atoms with Gasteiger partial charge in [-0.1, -0.05) is 168 Å². The van der Waals surface area contributed by atoms with Crippen LogP contribution in [0.3, 0.4) is 0 Å². The minimum absolute atomic E-state index is 0.143. The van der Waals surface area contributed by atoms with Crippen LogP contribution in [0.5, 0.6) is 0 Å². The van der Waals surface area contributed by atoms with Crippen molar-refractivity contribution < 1.29 is 9.32 Å². The van der Waals surface area contributed by atoms with Gasteiger partial charge in [-0.15, -0.1) is 0 Å². The fourth-order valence-corrected chi connectivity index (χ4v) is 10.5. The van der Waals surface area contributed by atoms with Crippen LogP contribution in [0.25, 0.3) is 0 Å².